The summed E-state index contributed by atoms with van der Waals surface area (Å²) < 4.78 is -0.142. The van der Waals surface area contributed by atoms with Gasteiger partial charge in [-0.05, 0) is 38.5 Å². The molecule has 0 amide bonds. The first-order valence-corrected chi connectivity index (χ1v) is 6.61. The summed E-state index contributed by atoms with van der Waals surface area (Å²) in [6.45, 7) is 5.16. The van der Waals surface area contributed by atoms with E-state index in [1.54, 1.807) is 14.1 Å². The van der Waals surface area contributed by atoms with Crippen LogP contribution in [-0.4, -0.2) is 25.3 Å². The number of hydrogen-bond acceptors (Lipinski definition) is 1. The van der Waals surface area contributed by atoms with Gasteiger partial charge in [-0.1, -0.05) is 31.9 Å². The maximum atomic E-state index is 11.3. The van der Waals surface area contributed by atoms with Crippen molar-refractivity contribution in [2.75, 3.05) is 20.6 Å². The Kier molecular flexibility index (Phi) is 8.58. The summed E-state index contributed by atoms with van der Waals surface area (Å²) in [6, 6.07) is 0. The van der Waals surface area contributed by atoms with Gasteiger partial charge in [0, 0.05) is 0 Å². The number of quaternary nitrogens is 1. The molecular formula is C14H29NO. The van der Waals surface area contributed by atoms with Gasteiger partial charge in [-0.2, -0.15) is 0 Å². The Labute approximate surface area is 102 Å². The molecule has 0 spiro atoms. The van der Waals surface area contributed by atoms with E-state index in [-0.39, 0.29) is 4.65 Å². The van der Waals surface area contributed by atoms with Crippen LogP contribution in [0, 0.1) is 11.1 Å². The molecule has 0 aromatic heterocycles. The molecule has 0 aliphatic heterocycles. The van der Waals surface area contributed by atoms with E-state index in [1.165, 1.54) is 32.1 Å². The molecule has 0 N–H and O–H groups in total. The summed E-state index contributed by atoms with van der Waals surface area (Å²) in [4.78, 5) is 0. The van der Waals surface area contributed by atoms with Gasteiger partial charge >= 0.3 is 0 Å². The molecule has 0 radical (unpaired) electrons. The van der Waals surface area contributed by atoms with E-state index in [0.29, 0.717) is 0 Å². The number of nitrogens with zero attached hydrogens (tertiary/aromatic N) is 1. The smallest absolute Gasteiger partial charge is 0.0779 e. The van der Waals surface area contributed by atoms with Gasteiger partial charge in [0.05, 0.1) is 20.6 Å². The van der Waals surface area contributed by atoms with E-state index >= 15 is 0 Å². The van der Waals surface area contributed by atoms with Crippen LogP contribution in [0.25, 0.3) is 0 Å². The third-order valence-electron chi connectivity index (χ3n) is 2.96. The largest absolute Gasteiger partial charge is 0.633 e. The molecule has 0 fully saturated rings. The fourth-order valence-electron chi connectivity index (χ4n) is 1.85. The van der Waals surface area contributed by atoms with E-state index in [1.807, 2.05) is 0 Å². The summed E-state index contributed by atoms with van der Waals surface area (Å²) in [5, 5.41) is 11.3. The van der Waals surface area contributed by atoms with Gasteiger partial charge in [0.1, 0.15) is 0 Å². The molecule has 0 bridgehead atoms. The van der Waals surface area contributed by atoms with Crippen LogP contribution in [-0.2, 0) is 0 Å². The molecular weight excluding hydrogens is 198 g/mol. The number of unbranched alkanes of at least 4 members (excludes halogenated alkanes) is 2. The molecule has 2 heteroatoms. The van der Waals surface area contributed by atoms with Crippen LogP contribution in [0.1, 0.15) is 52.4 Å². The quantitative estimate of drug-likeness (QED) is 0.251. The van der Waals surface area contributed by atoms with Crippen molar-refractivity contribution in [3.63, 3.8) is 0 Å². The van der Waals surface area contributed by atoms with E-state index in [2.05, 4.69) is 26.0 Å². The first-order chi connectivity index (χ1) is 7.45. The first kappa shape index (κ1) is 15.7. The maximum absolute atomic E-state index is 11.3. The Balaban J connectivity index is 3.31. The highest BCUT2D eigenvalue weighted by Crippen LogP contribution is 2.15. The summed E-state index contributed by atoms with van der Waals surface area (Å²) in [7, 11) is 3.44. The van der Waals surface area contributed by atoms with Crippen molar-refractivity contribution in [3.05, 3.63) is 17.4 Å². The molecule has 96 valence electrons. The van der Waals surface area contributed by atoms with Crippen LogP contribution in [0.15, 0.2) is 12.2 Å². The third kappa shape index (κ3) is 11.7. The molecule has 2 nitrogen and oxygen atoms in total. The Bertz CT molecular complexity index is 182. The van der Waals surface area contributed by atoms with Crippen molar-refractivity contribution in [1.82, 2.24) is 0 Å². The predicted molar refractivity (Wildman–Crippen MR) is 72.0 cm³/mol. The number of hydrogen-bond donors (Lipinski definition) is 0. The Morgan fingerprint density at radius 1 is 1.12 bits per heavy atom. The second-order valence-electron chi connectivity index (χ2n) is 5.40. The molecule has 0 aliphatic rings. The Morgan fingerprint density at radius 2 is 1.81 bits per heavy atom. The fraction of sp³-hybridized carbons (Fsp3) is 0.857. The average molecular weight is 227 g/mol. The summed E-state index contributed by atoms with van der Waals surface area (Å²) in [6.07, 6.45) is 11.7. The van der Waals surface area contributed by atoms with Crippen molar-refractivity contribution >= 4 is 0 Å². The maximum Gasteiger partial charge on any atom is 0.0779 e. The molecule has 1 unspecified atom stereocenters. The fourth-order valence-corrected chi connectivity index (χ4v) is 1.85. The van der Waals surface area contributed by atoms with Crippen molar-refractivity contribution < 1.29 is 4.65 Å². The molecule has 0 saturated carbocycles. The van der Waals surface area contributed by atoms with Gasteiger partial charge in [-0.25, -0.2) is 0 Å². The van der Waals surface area contributed by atoms with Gasteiger partial charge < -0.3 is 9.85 Å². The van der Waals surface area contributed by atoms with Crippen molar-refractivity contribution in [2.24, 2.45) is 5.92 Å². The zero-order valence-corrected chi connectivity index (χ0v) is 11.5. The Morgan fingerprint density at radius 3 is 2.38 bits per heavy atom. The topological polar surface area (TPSA) is 23.1 Å². The molecule has 0 aliphatic carbocycles. The summed E-state index contributed by atoms with van der Waals surface area (Å²) in [5.74, 6) is 0.825. The van der Waals surface area contributed by atoms with Gasteiger partial charge in [-0.3, -0.25) is 0 Å². The van der Waals surface area contributed by atoms with Crippen molar-refractivity contribution in [1.29, 1.82) is 0 Å². The second kappa shape index (κ2) is 8.77. The zero-order valence-electron chi connectivity index (χ0n) is 11.5. The highest BCUT2D eigenvalue weighted by Gasteiger charge is 2.03. The lowest BCUT2D eigenvalue weighted by Gasteiger charge is -2.33. The van der Waals surface area contributed by atoms with Gasteiger partial charge in [0.15, 0.2) is 0 Å². The summed E-state index contributed by atoms with van der Waals surface area (Å²) in [5.41, 5.74) is 0. The highest BCUT2D eigenvalue weighted by molar-refractivity contribution is 4.77. The highest BCUT2D eigenvalue weighted by atomic mass is 16.5. The minimum atomic E-state index is -0.142. The van der Waals surface area contributed by atoms with E-state index in [9.17, 15) is 5.21 Å². The second-order valence-corrected chi connectivity index (χ2v) is 5.40. The SMILES string of the molecule is CC=CCCC(C)CCCCC[N+](C)(C)[O-]. The number of rotatable bonds is 9. The van der Waals surface area contributed by atoms with Crippen LogP contribution < -0.4 is 0 Å². The van der Waals surface area contributed by atoms with Crippen LogP contribution in [0.2, 0.25) is 0 Å². The number of allylic oxidation sites excluding steroid dienone is 2. The predicted octanol–water partition coefficient (Wildman–Crippen LogP) is 4.11. The van der Waals surface area contributed by atoms with Crippen molar-refractivity contribution in [2.45, 2.75) is 52.4 Å². The lowest BCUT2D eigenvalue weighted by atomic mass is 9.98. The van der Waals surface area contributed by atoms with Crippen molar-refractivity contribution in [3.8, 4) is 0 Å². The lowest BCUT2D eigenvalue weighted by Crippen LogP contribution is -2.32. The van der Waals surface area contributed by atoms with E-state index in [0.717, 1.165) is 18.9 Å². The third-order valence-corrected chi connectivity index (χ3v) is 2.96. The molecule has 0 heterocycles. The van der Waals surface area contributed by atoms with Crippen LogP contribution in [0.3, 0.4) is 0 Å². The molecule has 16 heavy (non-hydrogen) atoms. The molecule has 0 rings (SSSR count). The molecule has 0 aromatic carbocycles. The van der Waals surface area contributed by atoms with Crippen LogP contribution in [0.4, 0.5) is 0 Å². The van der Waals surface area contributed by atoms with Gasteiger partial charge in [-0.15, -0.1) is 0 Å². The average Bonchev–Trinajstić information content (AvgIpc) is 2.16. The van der Waals surface area contributed by atoms with Gasteiger partial charge in [0.2, 0.25) is 0 Å². The monoisotopic (exact) mass is 227 g/mol. The molecule has 0 aromatic rings. The van der Waals surface area contributed by atoms with Gasteiger partial charge in [0.25, 0.3) is 0 Å². The lowest BCUT2D eigenvalue weighted by molar-refractivity contribution is -0.840. The number of hydroxylamine groups is 3. The Hall–Kier alpha value is -0.340. The standard InChI is InChI=1S/C14H29NO/c1-5-6-8-11-14(2)12-9-7-10-13-15(3,4)16/h5-6,14H,7-13H2,1-4H3. The van der Waals surface area contributed by atoms with E-state index < -0.39 is 0 Å². The minimum absolute atomic E-state index is 0.142. The molecule has 1 atom stereocenters. The first-order valence-electron chi connectivity index (χ1n) is 6.61. The van der Waals surface area contributed by atoms with Crippen LogP contribution >= 0.6 is 0 Å². The minimum Gasteiger partial charge on any atom is -0.633 e. The van der Waals surface area contributed by atoms with Crippen LogP contribution in [0.5, 0.6) is 0 Å². The zero-order chi connectivity index (χ0) is 12.4. The van der Waals surface area contributed by atoms with E-state index in [4.69, 9.17) is 0 Å². The molecule has 0 saturated heterocycles. The normalized spacial score (nSPS) is 14.6. The summed E-state index contributed by atoms with van der Waals surface area (Å²) >= 11 is 0.